The summed E-state index contributed by atoms with van der Waals surface area (Å²) in [6.45, 7) is 1.86. The fourth-order valence-electron chi connectivity index (χ4n) is 1.74. The molecule has 4 heteroatoms. The van der Waals surface area contributed by atoms with Crippen LogP contribution in [-0.2, 0) is 0 Å². The van der Waals surface area contributed by atoms with E-state index in [1.165, 1.54) is 18.2 Å². The lowest BCUT2D eigenvalue weighted by atomic mass is 10.1. The van der Waals surface area contributed by atoms with Crippen LogP contribution in [0.25, 0.3) is 0 Å². The van der Waals surface area contributed by atoms with Crippen molar-refractivity contribution in [1.29, 1.82) is 0 Å². The summed E-state index contributed by atoms with van der Waals surface area (Å²) in [7, 11) is 0. The van der Waals surface area contributed by atoms with Crippen LogP contribution < -0.4 is 5.32 Å². The number of carbonyl (C=O) groups is 1. The van der Waals surface area contributed by atoms with Crippen LogP contribution in [0.15, 0.2) is 48.5 Å². The Hall–Kier alpha value is -1.87. The summed E-state index contributed by atoms with van der Waals surface area (Å²) in [6.07, 6.45) is 0. The van der Waals surface area contributed by atoms with E-state index in [0.29, 0.717) is 10.6 Å². The molecule has 0 fully saturated rings. The van der Waals surface area contributed by atoms with Gasteiger partial charge in [0.25, 0.3) is 5.91 Å². The van der Waals surface area contributed by atoms with Crippen LogP contribution in [0.1, 0.15) is 28.9 Å². The average molecular weight is 278 g/mol. The highest BCUT2D eigenvalue weighted by molar-refractivity contribution is 6.30. The highest BCUT2D eigenvalue weighted by Crippen LogP contribution is 2.16. The number of hydrogen-bond donors (Lipinski definition) is 1. The monoisotopic (exact) mass is 277 g/mol. The Morgan fingerprint density at radius 3 is 2.53 bits per heavy atom. The summed E-state index contributed by atoms with van der Waals surface area (Å²) in [5, 5.41) is 3.46. The molecule has 2 aromatic rings. The lowest BCUT2D eigenvalue weighted by Gasteiger charge is -2.14. The standard InChI is InChI=1S/C15H13ClFNO/c1-10(11-5-7-13(16)8-6-11)18-15(19)12-3-2-4-14(17)9-12/h2-10H,1H3,(H,18,19). The zero-order valence-corrected chi connectivity index (χ0v) is 11.1. The Labute approximate surface area is 116 Å². The molecular weight excluding hydrogens is 265 g/mol. The molecule has 0 saturated carbocycles. The van der Waals surface area contributed by atoms with Crippen LogP contribution in [0, 0.1) is 5.82 Å². The molecule has 0 bridgehead atoms. The Morgan fingerprint density at radius 2 is 1.89 bits per heavy atom. The van der Waals surface area contributed by atoms with Crippen molar-refractivity contribution in [3.63, 3.8) is 0 Å². The smallest absolute Gasteiger partial charge is 0.251 e. The third-order valence-electron chi connectivity index (χ3n) is 2.80. The first kappa shape index (κ1) is 13.6. The van der Waals surface area contributed by atoms with Crippen molar-refractivity contribution < 1.29 is 9.18 Å². The molecule has 0 saturated heterocycles. The number of nitrogens with one attached hydrogen (secondary N) is 1. The second-order valence-corrected chi connectivity index (χ2v) is 4.69. The first-order valence-corrected chi connectivity index (χ1v) is 6.26. The van der Waals surface area contributed by atoms with E-state index in [1.807, 2.05) is 19.1 Å². The average Bonchev–Trinajstić information content (AvgIpc) is 2.39. The maximum absolute atomic E-state index is 13.0. The number of carbonyl (C=O) groups excluding carboxylic acids is 1. The SMILES string of the molecule is CC(NC(=O)c1cccc(F)c1)c1ccc(Cl)cc1. The first-order chi connectivity index (χ1) is 9.06. The number of halogens is 2. The lowest BCUT2D eigenvalue weighted by molar-refractivity contribution is 0.0939. The van der Waals surface area contributed by atoms with Gasteiger partial charge in [0.1, 0.15) is 5.82 Å². The minimum absolute atomic E-state index is 0.173. The van der Waals surface area contributed by atoms with Crippen molar-refractivity contribution in [2.75, 3.05) is 0 Å². The quantitative estimate of drug-likeness (QED) is 0.904. The minimum atomic E-state index is -0.424. The van der Waals surface area contributed by atoms with Gasteiger partial charge in [0.05, 0.1) is 6.04 Å². The molecule has 2 rings (SSSR count). The van der Waals surface area contributed by atoms with Crippen molar-refractivity contribution in [2.45, 2.75) is 13.0 Å². The first-order valence-electron chi connectivity index (χ1n) is 5.88. The molecule has 98 valence electrons. The molecule has 1 N–H and O–H groups in total. The summed E-state index contributed by atoms with van der Waals surface area (Å²) in [4.78, 5) is 11.9. The van der Waals surface area contributed by atoms with Crippen molar-refractivity contribution in [1.82, 2.24) is 5.32 Å². The largest absolute Gasteiger partial charge is 0.346 e. The van der Waals surface area contributed by atoms with Gasteiger partial charge in [0.15, 0.2) is 0 Å². The van der Waals surface area contributed by atoms with Crippen LogP contribution in [0.4, 0.5) is 4.39 Å². The van der Waals surface area contributed by atoms with Gasteiger partial charge in [-0.25, -0.2) is 4.39 Å². The summed E-state index contributed by atoms with van der Waals surface area (Å²) < 4.78 is 13.0. The van der Waals surface area contributed by atoms with Crippen molar-refractivity contribution in [3.05, 3.63) is 70.5 Å². The second kappa shape index (κ2) is 5.85. The van der Waals surface area contributed by atoms with E-state index < -0.39 is 5.82 Å². The normalized spacial score (nSPS) is 11.9. The maximum atomic E-state index is 13.0. The number of rotatable bonds is 3. The second-order valence-electron chi connectivity index (χ2n) is 4.26. The molecule has 0 aliphatic carbocycles. The van der Waals surface area contributed by atoms with Crippen LogP contribution in [0.2, 0.25) is 5.02 Å². The lowest BCUT2D eigenvalue weighted by Crippen LogP contribution is -2.26. The van der Waals surface area contributed by atoms with Gasteiger partial charge in [-0.1, -0.05) is 29.8 Å². The predicted molar refractivity (Wildman–Crippen MR) is 73.7 cm³/mol. The summed E-state index contributed by atoms with van der Waals surface area (Å²) in [5.41, 5.74) is 1.25. The van der Waals surface area contributed by atoms with Crippen molar-refractivity contribution >= 4 is 17.5 Å². The topological polar surface area (TPSA) is 29.1 Å². The Morgan fingerprint density at radius 1 is 1.21 bits per heavy atom. The maximum Gasteiger partial charge on any atom is 0.251 e. The fourth-order valence-corrected chi connectivity index (χ4v) is 1.87. The molecule has 2 aromatic carbocycles. The molecule has 0 spiro atoms. The zero-order valence-electron chi connectivity index (χ0n) is 10.4. The predicted octanol–water partition coefficient (Wildman–Crippen LogP) is 3.97. The molecule has 0 aliphatic heterocycles. The minimum Gasteiger partial charge on any atom is -0.346 e. The van der Waals surface area contributed by atoms with Gasteiger partial charge in [-0.2, -0.15) is 0 Å². The van der Waals surface area contributed by atoms with Gasteiger partial charge in [0, 0.05) is 10.6 Å². The van der Waals surface area contributed by atoms with Gasteiger partial charge in [0.2, 0.25) is 0 Å². The van der Waals surface area contributed by atoms with Gasteiger partial charge in [-0.3, -0.25) is 4.79 Å². The van der Waals surface area contributed by atoms with Gasteiger partial charge in [-0.15, -0.1) is 0 Å². The third-order valence-corrected chi connectivity index (χ3v) is 3.06. The zero-order chi connectivity index (χ0) is 13.8. The number of hydrogen-bond acceptors (Lipinski definition) is 1. The Bertz CT molecular complexity index is 583. The van der Waals surface area contributed by atoms with E-state index in [9.17, 15) is 9.18 Å². The molecule has 0 aromatic heterocycles. The molecular formula is C15H13ClFNO. The molecule has 2 nitrogen and oxygen atoms in total. The highest BCUT2D eigenvalue weighted by Gasteiger charge is 2.11. The van der Waals surface area contributed by atoms with Crippen molar-refractivity contribution in [3.8, 4) is 0 Å². The van der Waals surface area contributed by atoms with Gasteiger partial charge < -0.3 is 5.32 Å². The molecule has 19 heavy (non-hydrogen) atoms. The van der Waals surface area contributed by atoms with E-state index in [4.69, 9.17) is 11.6 Å². The van der Waals surface area contributed by atoms with Crippen LogP contribution in [-0.4, -0.2) is 5.91 Å². The van der Waals surface area contributed by atoms with E-state index in [2.05, 4.69) is 5.32 Å². The fraction of sp³-hybridized carbons (Fsp3) is 0.133. The summed E-state index contributed by atoms with van der Waals surface area (Å²) in [6, 6.07) is 12.7. The van der Waals surface area contributed by atoms with E-state index in [-0.39, 0.29) is 11.9 Å². The number of benzene rings is 2. The van der Waals surface area contributed by atoms with Gasteiger partial charge >= 0.3 is 0 Å². The Kier molecular flexibility index (Phi) is 4.17. The Balaban J connectivity index is 2.08. The summed E-state index contributed by atoms with van der Waals surface area (Å²) in [5.74, 6) is -0.728. The molecule has 0 aliphatic rings. The molecule has 0 heterocycles. The highest BCUT2D eigenvalue weighted by atomic mass is 35.5. The van der Waals surface area contributed by atoms with Crippen LogP contribution in [0.5, 0.6) is 0 Å². The van der Waals surface area contributed by atoms with Crippen LogP contribution >= 0.6 is 11.6 Å². The van der Waals surface area contributed by atoms with Gasteiger partial charge in [-0.05, 0) is 42.8 Å². The molecule has 1 unspecified atom stereocenters. The molecule has 0 radical (unpaired) electrons. The van der Waals surface area contributed by atoms with E-state index >= 15 is 0 Å². The van der Waals surface area contributed by atoms with E-state index in [1.54, 1.807) is 18.2 Å². The van der Waals surface area contributed by atoms with E-state index in [0.717, 1.165) is 5.56 Å². The molecule has 1 amide bonds. The van der Waals surface area contributed by atoms with Crippen LogP contribution in [0.3, 0.4) is 0 Å². The third kappa shape index (κ3) is 3.55. The molecule has 1 atom stereocenters. The number of amides is 1. The summed E-state index contributed by atoms with van der Waals surface area (Å²) >= 11 is 5.81. The van der Waals surface area contributed by atoms with Crippen molar-refractivity contribution in [2.24, 2.45) is 0 Å².